The fraction of sp³-hybridized carbons (Fsp3) is 0.444. The summed E-state index contributed by atoms with van der Waals surface area (Å²) in [6, 6.07) is 4.86. The van der Waals surface area contributed by atoms with Crippen LogP contribution in [0.4, 0.5) is 18.3 Å². The Balaban J connectivity index is 1.60. The molecule has 1 aliphatic heterocycles. The van der Waals surface area contributed by atoms with E-state index in [9.17, 15) is 22.8 Å². The van der Waals surface area contributed by atoms with Gasteiger partial charge >= 0.3 is 6.18 Å². The van der Waals surface area contributed by atoms with E-state index in [1.165, 1.54) is 28.4 Å². The lowest BCUT2D eigenvalue weighted by molar-refractivity contribution is -0.137. The largest absolute Gasteiger partial charge is 0.416 e. The van der Waals surface area contributed by atoms with Gasteiger partial charge in [0, 0.05) is 25.9 Å². The van der Waals surface area contributed by atoms with Crippen LogP contribution >= 0.6 is 11.3 Å². The Hall–Kier alpha value is -2.49. The maximum Gasteiger partial charge on any atom is 0.416 e. The summed E-state index contributed by atoms with van der Waals surface area (Å²) in [6.45, 7) is 2.20. The number of nitrogens with one attached hydrogen (secondary N) is 1. The predicted octanol–water partition coefficient (Wildman–Crippen LogP) is 3.50. The summed E-state index contributed by atoms with van der Waals surface area (Å²) in [6.07, 6.45) is -2.72. The van der Waals surface area contributed by atoms with E-state index in [-0.39, 0.29) is 31.3 Å². The second-order valence-electron chi connectivity index (χ2n) is 6.61. The van der Waals surface area contributed by atoms with Crippen molar-refractivity contribution in [2.45, 2.75) is 38.9 Å². The van der Waals surface area contributed by atoms with Crippen LogP contribution in [-0.4, -0.2) is 33.5 Å². The van der Waals surface area contributed by atoms with E-state index in [2.05, 4.69) is 15.5 Å². The highest BCUT2D eigenvalue weighted by Gasteiger charge is 2.35. The van der Waals surface area contributed by atoms with Crippen LogP contribution in [0.1, 0.15) is 35.9 Å². The molecular formula is C18H19F3N4O2S. The van der Waals surface area contributed by atoms with Crippen molar-refractivity contribution in [1.82, 2.24) is 15.1 Å². The molecule has 2 amide bonds. The average molecular weight is 412 g/mol. The lowest BCUT2D eigenvalue weighted by Gasteiger charge is -2.17. The third kappa shape index (κ3) is 4.86. The van der Waals surface area contributed by atoms with Crippen LogP contribution in [0, 0.1) is 5.92 Å². The highest BCUT2D eigenvalue weighted by Crippen LogP contribution is 2.30. The molecule has 1 saturated heterocycles. The van der Waals surface area contributed by atoms with Crippen molar-refractivity contribution in [3.05, 3.63) is 40.4 Å². The van der Waals surface area contributed by atoms with Gasteiger partial charge in [0.1, 0.15) is 5.01 Å². The molecule has 10 heteroatoms. The molecule has 2 heterocycles. The Morgan fingerprint density at radius 1 is 1.36 bits per heavy atom. The second-order valence-corrected chi connectivity index (χ2v) is 7.68. The van der Waals surface area contributed by atoms with E-state index in [1.54, 1.807) is 0 Å². The lowest BCUT2D eigenvalue weighted by atomic mass is 10.1. The van der Waals surface area contributed by atoms with Gasteiger partial charge in [-0.25, -0.2) is 0 Å². The van der Waals surface area contributed by atoms with Crippen molar-refractivity contribution < 1.29 is 22.8 Å². The number of aromatic nitrogens is 2. The van der Waals surface area contributed by atoms with Gasteiger partial charge in [-0.2, -0.15) is 13.2 Å². The molecule has 0 unspecified atom stereocenters. The normalized spacial score (nSPS) is 17.2. The number of rotatable bonds is 6. The van der Waals surface area contributed by atoms with Crippen molar-refractivity contribution in [3.8, 4) is 0 Å². The number of hydrogen-bond donors (Lipinski definition) is 1. The number of nitrogens with zero attached hydrogens (tertiary/aromatic N) is 3. The first kappa shape index (κ1) is 20.2. The molecule has 1 N–H and O–H groups in total. The van der Waals surface area contributed by atoms with Crippen LogP contribution < -0.4 is 5.32 Å². The fourth-order valence-corrected chi connectivity index (χ4v) is 3.84. The fourth-order valence-electron chi connectivity index (χ4n) is 2.99. The number of halogens is 3. The maximum absolute atomic E-state index is 12.8. The number of carbonyl (C=O) groups is 2. The number of amides is 2. The van der Waals surface area contributed by atoms with E-state index < -0.39 is 17.7 Å². The van der Waals surface area contributed by atoms with Gasteiger partial charge < -0.3 is 10.2 Å². The minimum absolute atomic E-state index is 0.0193. The van der Waals surface area contributed by atoms with Crippen LogP contribution in [0.3, 0.4) is 0 Å². The summed E-state index contributed by atoms with van der Waals surface area (Å²) in [5, 5.41) is 11.8. The molecule has 1 atom stereocenters. The Bertz CT molecular complexity index is 869. The zero-order chi connectivity index (χ0) is 20.3. The van der Waals surface area contributed by atoms with Gasteiger partial charge in [0.05, 0.1) is 11.5 Å². The molecule has 1 fully saturated rings. The predicted molar refractivity (Wildman–Crippen MR) is 97.5 cm³/mol. The summed E-state index contributed by atoms with van der Waals surface area (Å²) in [4.78, 5) is 26.0. The van der Waals surface area contributed by atoms with E-state index >= 15 is 0 Å². The van der Waals surface area contributed by atoms with Crippen molar-refractivity contribution in [1.29, 1.82) is 0 Å². The molecule has 0 saturated carbocycles. The minimum Gasteiger partial charge on any atom is -0.338 e. The molecule has 0 radical (unpaired) electrons. The van der Waals surface area contributed by atoms with Gasteiger partial charge in [0.25, 0.3) is 0 Å². The number of hydrogen-bond acceptors (Lipinski definition) is 5. The summed E-state index contributed by atoms with van der Waals surface area (Å²) in [7, 11) is 0. The molecule has 0 spiro atoms. The molecule has 150 valence electrons. The zero-order valence-electron chi connectivity index (χ0n) is 15.1. The Labute approximate surface area is 163 Å². The molecule has 0 bridgehead atoms. The monoisotopic (exact) mass is 412 g/mol. The van der Waals surface area contributed by atoms with Crippen LogP contribution in [0.5, 0.6) is 0 Å². The number of benzene rings is 1. The highest BCUT2D eigenvalue weighted by molar-refractivity contribution is 7.15. The summed E-state index contributed by atoms with van der Waals surface area (Å²) in [5.41, 5.74) is -0.386. The first-order valence-electron chi connectivity index (χ1n) is 8.83. The third-order valence-corrected chi connectivity index (χ3v) is 5.27. The van der Waals surface area contributed by atoms with E-state index in [1.807, 2.05) is 6.92 Å². The van der Waals surface area contributed by atoms with Crippen molar-refractivity contribution >= 4 is 28.3 Å². The third-order valence-electron chi connectivity index (χ3n) is 4.37. The minimum atomic E-state index is -4.44. The first-order chi connectivity index (χ1) is 13.3. The van der Waals surface area contributed by atoms with Crippen LogP contribution in [0.25, 0.3) is 0 Å². The SMILES string of the molecule is CCCc1nnc(NC(=O)[C@H]2CC(=O)N(Cc3cccc(C(F)(F)F)c3)C2)s1. The Morgan fingerprint density at radius 2 is 2.14 bits per heavy atom. The molecule has 1 aromatic carbocycles. The molecular weight excluding hydrogens is 393 g/mol. The quantitative estimate of drug-likeness (QED) is 0.788. The van der Waals surface area contributed by atoms with Gasteiger partial charge in [-0.3, -0.25) is 9.59 Å². The van der Waals surface area contributed by atoms with E-state index in [0.717, 1.165) is 30.0 Å². The molecule has 28 heavy (non-hydrogen) atoms. The number of likely N-dealkylation sites (tertiary alicyclic amines) is 1. The number of aryl methyl sites for hydroxylation is 1. The molecule has 2 aromatic rings. The van der Waals surface area contributed by atoms with Gasteiger partial charge in [-0.05, 0) is 24.1 Å². The highest BCUT2D eigenvalue weighted by atomic mass is 32.1. The number of anilines is 1. The van der Waals surface area contributed by atoms with Gasteiger partial charge in [-0.15, -0.1) is 10.2 Å². The zero-order valence-corrected chi connectivity index (χ0v) is 15.9. The smallest absolute Gasteiger partial charge is 0.338 e. The summed E-state index contributed by atoms with van der Waals surface area (Å²) < 4.78 is 38.5. The average Bonchev–Trinajstić information content (AvgIpc) is 3.22. The molecule has 6 nitrogen and oxygen atoms in total. The van der Waals surface area contributed by atoms with Crippen LogP contribution in [0.15, 0.2) is 24.3 Å². The van der Waals surface area contributed by atoms with Gasteiger partial charge in [0.15, 0.2) is 0 Å². The number of alkyl halides is 3. The summed E-state index contributed by atoms with van der Waals surface area (Å²) >= 11 is 1.29. The van der Waals surface area contributed by atoms with Crippen LogP contribution in [0.2, 0.25) is 0 Å². The molecule has 3 rings (SSSR count). The van der Waals surface area contributed by atoms with Crippen LogP contribution in [-0.2, 0) is 28.7 Å². The van der Waals surface area contributed by atoms with E-state index in [0.29, 0.717) is 10.7 Å². The number of carbonyl (C=O) groups excluding carboxylic acids is 2. The van der Waals surface area contributed by atoms with Gasteiger partial charge in [-0.1, -0.05) is 30.4 Å². The lowest BCUT2D eigenvalue weighted by Crippen LogP contribution is -2.28. The Morgan fingerprint density at radius 3 is 2.86 bits per heavy atom. The molecule has 1 aromatic heterocycles. The molecule has 1 aliphatic rings. The second kappa shape index (κ2) is 8.26. The summed E-state index contributed by atoms with van der Waals surface area (Å²) in [5.74, 6) is -1.17. The Kier molecular flexibility index (Phi) is 5.97. The standard InChI is InChI=1S/C18H19F3N4O2S/c1-2-4-14-23-24-17(28-14)22-16(27)12-8-15(26)25(10-12)9-11-5-3-6-13(7-11)18(19,20)21/h3,5-7,12H,2,4,8-10H2,1H3,(H,22,24,27)/t12-/m0/s1. The molecule has 0 aliphatic carbocycles. The first-order valence-corrected chi connectivity index (χ1v) is 9.65. The van der Waals surface area contributed by atoms with E-state index in [4.69, 9.17) is 0 Å². The maximum atomic E-state index is 12.8. The van der Waals surface area contributed by atoms with Crippen molar-refractivity contribution in [2.75, 3.05) is 11.9 Å². The van der Waals surface area contributed by atoms with Crippen molar-refractivity contribution in [2.24, 2.45) is 5.92 Å². The topological polar surface area (TPSA) is 75.2 Å². The van der Waals surface area contributed by atoms with Crippen molar-refractivity contribution in [3.63, 3.8) is 0 Å². The van der Waals surface area contributed by atoms with Gasteiger partial charge in [0.2, 0.25) is 16.9 Å².